The maximum absolute atomic E-state index is 12.7. The van der Waals surface area contributed by atoms with Gasteiger partial charge in [0, 0.05) is 23.9 Å². The van der Waals surface area contributed by atoms with Gasteiger partial charge in [0.2, 0.25) is 11.8 Å². The minimum absolute atomic E-state index is 0.0248. The molecule has 1 heterocycles. The van der Waals surface area contributed by atoms with Gasteiger partial charge in [0.1, 0.15) is 6.42 Å². The quantitative estimate of drug-likeness (QED) is 0.867. The average Bonchev–Trinajstić information content (AvgIpc) is 2.67. The van der Waals surface area contributed by atoms with Crippen molar-refractivity contribution in [2.45, 2.75) is 12.8 Å². The van der Waals surface area contributed by atoms with Gasteiger partial charge in [0.05, 0.1) is 11.4 Å². The van der Waals surface area contributed by atoms with Crippen molar-refractivity contribution in [3.05, 3.63) is 53.6 Å². The second-order valence-electron chi connectivity index (χ2n) is 5.50. The van der Waals surface area contributed by atoms with E-state index in [2.05, 4.69) is 0 Å². The van der Waals surface area contributed by atoms with Crippen LogP contribution in [0.25, 0.3) is 0 Å². The van der Waals surface area contributed by atoms with Crippen LogP contribution in [0.2, 0.25) is 5.02 Å². The zero-order valence-electron chi connectivity index (χ0n) is 13.0. The van der Waals surface area contributed by atoms with Crippen molar-refractivity contribution in [2.24, 2.45) is 0 Å². The van der Waals surface area contributed by atoms with E-state index in [4.69, 9.17) is 16.7 Å². The van der Waals surface area contributed by atoms with Crippen LogP contribution in [0.15, 0.2) is 48.5 Å². The van der Waals surface area contributed by atoms with E-state index in [-0.39, 0.29) is 24.8 Å². The summed E-state index contributed by atoms with van der Waals surface area (Å²) in [6.45, 7) is 0.322. The van der Waals surface area contributed by atoms with Crippen LogP contribution in [0.1, 0.15) is 12.8 Å². The van der Waals surface area contributed by atoms with E-state index in [1.807, 2.05) is 30.3 Å². The molecule has 1 aliphatic heterocycles. The summed E-state index contributed by atoms with van der Waals surface area (Å²) in [4.78, 5) is 28.3. The molecule has 1 aliphatic rings. The highest BCUT2D eigenvalue weighted by atomic mass is 35.5. The molecule has 2 amide bonds. The van der Waals surface area contributed by atoms with Crippen LogP contribution >= 0.6 is 11.6 Å². The normalized spacial score (nSPS) is 14.6. The van der Waals surface area contributed by atoms with Crippen molar-refractivity contribution in [1.29, 1.82) is 0 Å². The predicted molar refractivity (Wildman–Crippen MR) is 93.7 cm³/mol. The molecule has 6 heteroatoms. The van der Waals surface area contributed by atoms with Crippen molar-refractivity contribution in [2.75, 3.05) is 23.0 Å². The largest absolute Gasteiger partial charge is 0.396 e. The van der Waals surface area contributed by atoms with Crippen molar-refractivity contribution < 1.29 is 14.7 Å². The van der Waals surface area contributed by atoms with Gasteiger partial charge in [-0.1, -0.05) is 29.8 Å². The lowest BCUT2D eigenvalue weighted by Crippen LogP contribution is -2.33. The Kier molecular flexibility index (Phi) is 4.83. The summed E-state index contributed by atoms with van der Waals surface area (Å²) in [6, 6.07) is 14.3. The summed E-state index contributed by atoms with van der Waals surface area (Å²) in [5.41, 5.74) is 1.87. The summed E-state index contributed by atoms with van der Waals surface area (Å²) in [6.07, 6.45) is 0.208. The molecule has 0 saturated carbocycles. The third-order valence-electron chi connectivity index (χ3n) is 3.88. The van der Waals surface area contributed by atoms with Gasteiger partial charge in [-0.3, -0.25) is 14.5 Å². The molecule has 0 atom stereocenters. The molecule has 0 bridgehead atoms. The van der Waals surface area contributed by atoms with Gasteiger partial charge in [-0.05, 0) is 36.8 Å². The van der Waals surface area contributed by atoms with Crippen LogP contribution in [-0.4, -0.2) is 30.1 Å². The highest BCUT2D eigenvalue weighted by molar-refractivity contribution is 6.31. The van der Waals surface area contributed by atoms with E-state index >= 15 is 0 Å². The van der Waals surface area contributed by atoms with Gasteiger partial charge in [-0.2, -0.15) is 0 Å². The number of hydrogen-bond donors (Lipinski definition) is 1. The molecule has 0 radical (unpaired) electrons. The van der Waals surface area contributed by atoms with E-state index in [0.717, 1.165) is 0 Å². The smallest absolute Gasteiger partial charge is 0.241 e. The number of para-hydroxylation sites is 1. The lowest BCUT2D eigenvalue weighted by molar-refractivity contribution is -0.125. The zero-order chi connectivity index (χ0) is 17.1. The number of amides is 2. The molecule has 1 N–H and O–H groups in total. The fourth-order valence-electron chi connectivity index (χ4n) is 2.81. The first-order chi connectivity index (χ1) is 11.6. The van der Waals surface area contributed by atoms with Gasteiger partial charge in [-0.25, -0.2) is 0 Å². The van der Waals surface area contributed by atoms with Gasteiger partial charge >= 0.3 is 0 Å². The Bertz CT molecular complexity index is 764. The average molecular weight is 345 g/mol. The van der Waals surface area contributed by atoms with Gasteiger partial charge in [0.15, 0.2) is 0 Å². The lowest BCUT2D eigenvalue weighted by Gasteiger charge is -2.25. The lowest BCUT2D eigenvalue weighted by atomic mass is 10.2. The van der Waals surface area contributed by atoms with Crippen LogP contribution < -0.4 is 9.80 Å². The van der Waals surface area contributed by atoms with E-state index in [1.54, 1.807) is 23.1 Å². The van der Waals surface area contributed by atoms with Crippen molar-refractivity contribution in [1.82, 2.24) is 0 Å². The number of anilines is 3. The predicted octanol–water partition coefficient (Wildman–Crippen LogP) is 3.12. The van der Waals surface area contributed by atoms with E-state index < -0.39 is 0 Å². The summed E-state index contributed by atoms with van der Waals surface area (Å²) >= 11 is 6.14. The number of carbonyl (C=O) groups excluding carboxylic acids is 2. The fourth-order valence-corrected chi connectivity index (χ4v) is 2.98. The van der Waals surface area contributed by atoms with E-state index in [9.17, 15) is 9.59 Å². The second kappa shape index (κ2) is 7.03. The molecule has 2 aromatic carbocycles. The van der Waals surface area contributed by atoms with Crippen LogP contribution in [-0.2, 0) is 9.59 Å². The maximum Gasteiger partial charge on any atom is 0.241 e. The monoisotopic (exact) mass is 344 g/mol. The molecule has 24 heavy (non-hydrogen) atoms. The molecule has 0 saturated heterocycles. The van der Waals surface area contributed by atoms with Crippen LogP contribution in [0.3, 0.4) is 0 Å². The highest BCUT2D eigenvalue weighted by Gasteiger charge is 2.32. The maximum atomic E-state index is 12.7. The third-order valence-corrected chi connectivity index (χ3v) is 4.11. The number of hydrogen-bond acceptors (Lipinski definition) is 3. The molecule has 2 aromatic rings. The van der Waals surface area contributed by atoms with Crippen molar-refractivity contribution >= 4 is 40.5 Å². The molecule has 124 valence electrons. The summed E-state index contributed by atoms with van der Waals surface area (Å²) < 4.78 is 0. The molecule has 5 nitrogen and oxygen atoms in total. The Labute approximate surface area is 145 Å². The van der Waals surface area contributed by atoms with Crippen LogP contribution in [0.4, 0.5) is 17.1 Å². The number of carbonyl (C=O) groups is 2. The van der Waals surface area contributed by atoms with Crippen LogP contribution in [0.5, 0.6) is 0 Å². The van der Waals surface area contributed by atoms with Crippen molar-refractivity contribution in [3.8, 4) is 0 Å². The minimum Gasteiger partial charge on any atom is -0.396 e. The first-order valence-electron chi connectivity index (χ1n) is 7.70. The molecule has 0 fully saturated rings. The van der Waals surface area contributed by atoms with Gasteiger partial charge in [-0.15, -0.1) is 0 Å². The topological polar surface area (TPSA) is 60.9 Å². The number of benzene rings is 2. The molecule has 0 unspecified atom stereocenters. The Balaban J connectivity index is 2.15. The van der Waals surface area contributed by atoms with Crippen molar-refractivity contribution in [3.63, 3.8) is 0 Å². The SMILES string of the molecule is O=C1CC(=O)N(c2ccccc2)c2cc(Cl)ccc2N1CCCO. The highest BCUT2D eigenvalue weighted by Crippen LogP contribution is 2.39. The van der Waals surface area contributed by atoms with Gasteiger partial charge < -0.3 is 10.0 Å². The summed E-state index contributed by atoms with van der Waals surface area (Å²) in [7, 11) is 0. The molecule has 3 rings (SSSR count). The third kappa shape index (κ3) is 3.13. The van der Waals surface area contributed by atoms with Gasteiger partial charge in [0.25, 0.3) is 0 Å². The second-order valence-corrected chi connectivity index (χ2v) is 5.93. The number of aliphatic hydroxyl groups is 1. The molecule has 0 spiro atoms. The number of halogens is 1. The Morgan fingerprint density at radius 1 is 1.00 bits per heavy atom. The first kappa shape index (κ1) is 16.5. The number of nitrogens with zero attached hydrogens (tertiary/aromatic N) is 2. The Morgan fingerprint density at radius 3 is 2.46 bits per heavy atom. The number of rotatable bonds is 4. The number of aliphatic hydroxyl groups excluding tert-OH is 1. The fraction of sp³-hybridized carbons (Fsp3) is 0.222. The Morgan fingerprint density at radius 2 is 1.75 bits per heavy atom. The molecular weight excluding hydrogens is 328 g/mol. The van der Waals surface area contributed by atoms with E-state index in [1.165, 1.54) is 4.90 Å². The Hall–Kier alpha value is -2.37. The standard InChI is InChI=1S/C18H17ClN2O3/c19-13-7-8-15-16(11-13)21(14-5-2-1-3-6-14)18(24)12-17(23)20(15)9-4-10-22/h1-3,5-8,11,22H,4,9-10,12H2. The minimum atomic E-state index is -0.304. The molecule has 0 aliphatic carbocycles. The molecule has 0 aromatic heterocycles. The number of fused-ring (bicyclic) bond motifs is 1. The van der Waals surface area contributed by atoms with E-state index in [0.29, 0.717) is 35.1 Å². The van der Waals surface area contributed by atoms with Crippen LogP contribution in [0, 0.1) is 0 Å². The zero-order valence-corrected chi connectivity index (χ0v) is 13.7. The summed E-state index contributed by atoms with van der Waals surface area (Å²) in [5.74, 6) is -0.586. The first-order valence-corrected chi connectivity index (χ1v) is 8.08. The summed E-state index contributed by atoms with van der Waals surface area (Å²) in [5, 5.41) is 9.58. The molecular formula is C18H17ClN2O3.